The standard InChI is InChI=1S/C22H26FN7O3.C17H18FN7O.C14H20N4O4.Li/c1-14-12-30-13-15(9-16(23)19(30)26-14)27-20(31)17-10-25-18(11-24-17)28-5-7-29(8-6-28)21(32)33-22(2,3)4;1-11-9-25-10-12(6-13(18)16(25)22-11)23-17(26)14-7-21-15(8-20-14)24-4-2-19-3-5-24;1-14(2,3)22-13(21)18-6-4-17(5-7-18)11-9-15-10(8-16-11)12(19)20;/h9-13H,5-8H2,1-4H3,(H,27,31);6-10,19H,2-5H2,1H3,(H,23,26);8-9H,4-7H2,1-3H3,(H,19,20);/q;;;+1/p-1. The van der Waals surface area contributed by atoms with E-state index in [1.54, 1.807) is 59.0 Å². The van der Waals surface area contributed by atoms with Crippen molar-refractivity contribution in [3.63, 3.8) is 0 Å². The van der Waals surface area contributed by atoms with Crippen molar-refractivity contribution < 1.29 is 66.2 Å². The molecule has 0 spiro atoms. The number of nitrogens with zero attached hydrogens (tertiary/aromatic N) is 15. The van der Waals surface area contributed by atoms with Crippen molar-refractivity contribution in [2.24, 2.45) is 0 Å². The number of anilines is 5. The van der Waals surface area contributed by atoms with Crippen molar-refractivity contribution in [2.45, 2.75) is 66.6 Å². The first-order chi connectivity index (χ1) is 38.4. The van der Waals surface area contributed by atoms with Crippen molar-refractivity contribution >= 4 is 70.1 Å². The summed E-state index contributed by atoms with van der Waals surface area (Å²) in [5.74, 6) is -1.41. The molecule has 428 valence electrons. The fourth-order valence-corrected chi connectivity index (χ4v) is 8.46. The van der Waals surface area contributed by atoms with Crippen LogP contribution in [0.5, 0.6) is 0 Å². The molecule has 3 saturated heterocycles. The Morgan fingerprint density at radius 1 is 0.524 bits per heavy atom. The number of rotatable bonds is 8. The van der Waals surface area contributed by atoms with Gasteiger partial charge in [0.15, 0.2) is 22.9 Å². The van der Waals surface area contributed by atoms with Gasteiger partial charge in [0.25, 0.3) is 11.8 Å². The second-order valence-corrected chi connectivity index (χ2v) is 21.0. The predicted octanol–water partition coefficient (Wildman–Crippen LogP) is 1.02. The van der Waals surface area contributed by atoms with Gasteiger partial charge < -0.3 is 68.6 Å². The monoisotopic (exact) mass is 1120 g/mol. The van der Waals surface area contributed by atoms with Crippen molar-refractivity contribution in [1.29, 1.82) is 0 Å². The molecule has 7 aromatic heterocycles. The van der Waals surface area contributed by atoms with Gasteiger partial charge >= 0.3 is 31.0 Å². The van der Waals surface area contributed by atoms with E-state index in [-0.39, 0.29) is 65.1 Å². The molecule has 7 aromatic rings. The molecule has 0 radical (unpaired) electrons. The van der Waals surface area contributed by atoms with Crippen LogP contribution in [-0.2, 0) is 9.47 Å². The number of carbonyl (C=O) groups is 5. The number of aromatic carboxylic acids is 1. The number of imidazole rings is 2. The van der Waals surface area contributed by atoms with E-state index >= 15 is 0 Å². The van der Waals surface area contributed by atoms with E-state index in [1.807, 2.05) is 51.3 Å². The summed E-state index contributed by atoms with van der Waals surface area (Å²) < 4.78 is 42.1. The number of carboxylic acids is 1. The van der Waals surface area contributed by atoms with Crippen LogP contribution in [0.4, 0.5) is 47.2 Å². The fraction of sp³-hybridized carbons (Fsp3) is 0.415. The summed E-state index contributed by atoms with van der Waals surface area (Å²) in [7, 11) is 0. The number of aromatic nitrogens is 10. The third-order valence-electron chi connectivity index (χ3n) is 12.3. The maximum atomic E-state index is 14.2. The molecule has 0 saturated carbocycles. The first-order valence-electron chi connectivity index (χ1n) is 26.0. The molecular weight excluding hydrogens is 1060 g/mol. The number of pyridine rings is 2. The van der Waals surface area contributed by atoms with Crippen LogP contribution in [0.2, 0.25) is 0 Å². The second kappa shape index (κ2) is 26.3. The number of ether oxygens (including phenoxy) is 2. The second-order valence-electron chi connectivity index (χ2n) is 21.0. The van der Waals surface area contributed by atoms with E-state index in [0.717, 1.165) is 32.0 Å². The van der Waals surface area contributed by atoms with Gasteiger partial charge in [0.1, 0.15) is 45.7 Å². The van der Waals surface area contributed by atoms with Gasteiger partial charge in [-0.1, -0.05) is 0 Å². The topological polar surface area (TPSA) is 291 Å². The molecule has 3 fully saturated rings. The van der Waals surface area contributed by atoms with Crippen molar-refractivity contribution in [3.05, 3.63) is 114 Å². The molecule has 3 aliphatic heterocycles. The molecule has 0 aliphatic carbocycles. The number of fused-ring (bicyclic) bond motifs is 2. The van der Waals surface area contributed by atoms with Gasteiger partial charge in [0, 0.05) is 115 Å². The maximum Gasteiger partial charge on any atom is 1.00 e. The summed E-state index contributed by atoms with van der Waals surface area (Å²) in [4.78, 5) is 102. The van der Waals surface area contributed by atoms with Crippen LogP contribution >= 0.6 is 0 Å². The molecule has 0 aromatic carbocycles. The largest absolute Gasteiger partial charge is 1.00 e. The van der Waals surface area contributed by atoms with Gasteiger partial charge in [-0.3, -0.25) is 9.59 Å². The predicted molar refractivity (Wildman–Crippen MR) is 291 cm³/mol. The summed E-state index contributed by atoms with van der Waals surface area (Å²) >= 11 is 0. The Bertz CT molecular complexity index is 3370. The Hall–Kier alpha value is -8.61. The average Bonchev–Trinajstić information content (AvgIpc) is 4.10. The third kappa shape index (κ3) is 16.3. The molecule has 10 heterocycles. The van der Waals surface area contributed by atoms with Gasteiger partial charge in [-0.2, -0.15) is 0 Å². The number of aryl methyl sites for hydroxylation is 2. The van der Waals surface area contributed by atoms with Gasteiger partial charge in [-0.15, -0.1) is 0 Å². The Kier molecular flexibility index (Phi) is 19.6. The van der Waals surface area contributed by atoms with E-state index in [4.69, 9.17) is 9.47 Å². The molecule has 3 aliphatic rings. The van der Waals surface area contributed by atoms with Gasteiger partial charge in [0.2, 0.25) is 0 Å². The molecule has 0 bridgehead atoms. The quantitative estimate of drug-likeness (QED) is 0.179. The van der Waals surface area contributed by atoms with Gasteiger partial charge in [0.05, 0.1) is 65.9 Å². The molecule has 3 N–H and O–H groups in total. The van der Waals surface area contributed by atoms with Crippen LogP contribution in [-0.4, -0.2) is 178 Å². The summed E-state index contributed by atoms with van der Waals surface area (Å²) in [5.41, 5.74) is 1.42. The zero-order valence-electron chi connectivity index (χ0n) is 47.1. The zero-order valence-corrected chi connectivity index (χ0v) is 47.1. The first-order valence-corrected chi connectivity index (χ1v) is 26.0. The Morgan fingerprint density at radius 3 is 1.21 bits per heavy atom. The summed E-state index contributed by atoms with van der Waals surface area (Å²) in [5, 5.41) is 19.2. The Labute approximate surface area is 482 Å². The van der Waals surface area contributed by atoms with Crippen LogP contribution in [0, 0.1) is 25.5 Å². The number of carboxylic acid groups (broad SMARTS) is 1. The van der Waals surface area contributed by atoms with E-state index in [1.165, 1.54) is 47.5 Å². The van der Waals surface area contributed by atoms with Crippen LogP contribution in [0.15, 0.2) is 74.1 Å². The normalized spacial score (nSPS) is 14.6. The number of halogens is 2. The molecule has 10 rings (SSSR count). The summed E-state index contributed by atoms with van der Waals surface area (Å²) in [6.07, 6.45) is 14.4. The average molecular weight is 1130 g/mol. The molecule has 0 atom stereocenters. The molecule has 82 heavy (non-hydrogen) atoms. The van der Waals surface area contributed by atoms with Gasteiger partial charge in [-0.25, -0.2) is 58.2 Å². The van der Waals surface area contributed by atoms with Crippen molar-refractivity contribution in [3.8, 4) is 0 Å². The zero-order chi connectivity index (χ0) is 58.2. The maximum absolute atomic E-state index is 14.2. The number of hydrogen-bond donors (Lipinski definition) is 3. The van der Waals surface area contributed by atoms with Gasteiger partial charge in [-0.05, 0) is 55.4 Å². The number of carbonyl (C=O) groups excluding carboxylic acids is 5. The summed E-state index contributed by atoms with van der Waals surface area (Å²) in [6.45, 7) is 22.4. The molecule has 0 unspecified atom stereocenters. The summed E-state index contributed by atoms with van der Waals surface area (Å²) in [6, 6.07) is 2.45. The number of nitrogens with one attached hydrogen (secondary N) is 3. The minimum absolute atomic E-state index is 0. The van der Waals surface area contributed by atoms with E-state index in [2.05, 4.69) is 60.7 Å². The number of amides is 4. The van der Waals surface area contributed by atoms with E-state index in [9.17, 15) is 37.9 Å². The molecule has 4 amide bonds. The minimum atomic E-state index is -1.35. The van der Waals surface area contributed by atoms with Crippen LogP contribution < -0.4 is 54.6 Å². The molecule has 29 heteroatoms. The first kappa shape index (κ1) is 61.0. The van der Waals surface area contributed by atoms with E-state index in [0.29, 0.717) is 81.1 Å². The van der Waals surface area contributed by atoms with Crippen LogP contribution in [0.1, 0.15) is 84.4 Å². The van der Waals surface area contributed by atoms with Crippen molar-refractivity contribution in [1.82, 2.24) is 63.8 Å². The SMILES string of the molecule is CC(C)(C)OC(=O)N1CCN(c2cnc(C(=O)[O-])cn2)CC1.Cc1cn2cc(NC(=O)c3cnc(N4CCN(C(=O)OC(C)(C)C)CC4)cn3)cc(F)c2n1.Cc1cn2cc(NC(=O)c3cnc(N4CCNCC4)cn3)cc(F)c2n1.[Li+]. The molecule has 26 nitrogen and oxygen atoms in total. The molecular formula is C53H63F2LiN18O8. The minimum Gasteiger partial charge on any atom is -0.543 e. The van der Waals surface area contributed by atoms with Crippen molar-refractivity contribution in [2.75, 3.05) is 104 Å². The van der Waals surface area contributed by atoms with E-state index < -0.39 is 40.6 Å². The smallest absolute Gasteiger partial charge is 0.543 e. The van der Waals surface area contributed by atoms with Crippen LogP contribution in [0.25, 0.3) is 11.3 Å². The number of piperazine rings is 3. The Morgan fingerprint density at radius 2 is 0.878 bits per heavy atom. The number of hydrogen-bond acceptors (Lipinski definition) is 20. The van der Waals surface area contributed by atoms with Crippen LogP contribution in [0.3, 0.4) is 0 Å². The third-order valence-corrected chi connectivity index (χ3v) is 12.3. The Balaban J connectivity index is 0.000000180. The fourth-order valence-electron chi connectivity index (χ4n) is 8.46.